The summed E-state index contributed by atoms with van der Waals surface area (Å²) in [5, 5.41) is 5.22. The first-order chi connectivity index (χ1) is 9.10. The first-order valence-electron chi connectivity index (χ1n) is 6.11. The van der Waals surface area contributed by atoms with E-state index in [1.165, 1.54) is 26.8 Å². The number of methoxy groups -OCH3 is 1. The van der Waals surface area contributed by atoms with E-state index in [1.807, 2.05) is 6.07 Å². The number of amides is 1. The molecule has 0 atom stereocenters. The maximum atomic E-state index is 10.9. The highest BCUT2D eigenvalue weighted by molar-refractivity contribution is 14.1. The second-order valence-electron chi connectivity index (χ2n) is 4.38. The quantitative estimate of drug-likeness (QED) is 0.842. The van der Waals surface area contributed by atoms with Crippen LogP contribution in [0.4, 0.5) is 0 Å². The fourth-order valence-electron chi connectivity index (χ4n) is 2.08. The van der Waals surface area contributed by atoms with Gasteiger partial charge in [-0.15, -0.1) is 0 Å². The van der Waals surface area contributed by atoms with E-state index in [-0.39, 0.29) is 5.91 Å². The number of benzene rings is 2. The third-order valence-corrected chi connectivity index (χ3v) is 3.60. The van der Waals surface area contributed by atoms with Gasteiger partial charge >= 0.3 is 0 Å². The molecule has 0 bridgehead atoms. The van der Waals surface area contributed by atoms with Crippen molar-refractivity contribution in [1.82, 2.24) is 5.32 Å². The second kappa shape index (κ2) is 6.23. The number of hydrogen-bond acceptors (Lipinski definition) is 2. The van der Waals surface area contributed by atoms with Crippen LogP contribution in [0.3, 0.4) is 0 Å². The number of nitrogens with one attached hydrogen (secondary N) is 1. The minimum absolute atomic E-state index is 0.00696. The molecule has 100 valence electrons. The Hall–Kier alpha value is -1.30. The molecule has 1 N–H and O–H groups in total. The van der Waals surface area contributed by atoms with E-state index in [0.29, 0.717) is 6.54 Å². The molecule has 2 aromatic carbocycles. The van der Waals surface area contributed by atoms with Gasteiger partial charge in [0.25, 0.3) is 0 Å². The monoisotopic (exact) mass is 369 g/mol. The molecule has 0 saturated carbocycles. The SMILES string of the molecule is COc1ccc2cc(I)cc(CCNC(C)=O)c2c1. The number of carbonyl (C=O) groups excluding carboxylic acids is 1. The molecule has 0 unspecified atom stereocenters. The highest BCUT2D eigenvalue weighted by Crippen LogP contribution is 2.26. The lowest BCUT2D eigenvalue weighted by Gasteiger charge is -2.10. The van der Waals surface area contributed by atoms with Crippen molar-refractivity contribution in [2.75, 3.05) is 13.7 Å². The highest BCUT2D eigenvalue weighted by Gasteiger charge is 2.05. The molecule has 2 rings (SSSR count). The van der Waals surface area contributed by atoms with Crippen LogP contribution in [0.15, 0.2) is 30.3 Å². The van der Waals surface area contributed by atoms with E-state index < -0.39 is 0 Å². The van der Waals surface area contributed by atoms with Gasteiger partial charge in [-0.05, 0) is 69.6 Å². The molecule has 1 amide bonds. The van der Waals surface area contributed by atoms with Crippen molar-refractivity contribution in [3.8, 4) is 5.75 Å². The molecule has 0 fully saturated rings. The van der Waals surface area contributed by atoms with Gasteiger partial charge < -0.3 is 10.1 Å². The van der Waals surface area contributed by atoms with Gasteiger partial charge in [0.05, 0.1) is 7.11 Å². The van der Waals surface area contributed by atoms with Gasteiger partial charge in [0.15, 0.2) is 0 Å². The molecule has 0 saturated heterocycles. The third-order valence-electron chi connectivity index (χ3n) is 2.98. The molecule has 4 heteroatoms. The van der Waals surface area contributed by atoms with Crippen molar-refractivity contribution in [2.24, 2.45) is 0 Å². The fraction of sp³-hybridized carbons (Fsp3) is 0.267. The minimum Gasteiger partial charge on any atom is -0.497 e. The lowest BCUT2D eigenvalue weighted by atomic mass is 10.0. The largest absolute Gasteiger partial charge is 0.497 e. The molecular weight excluding hydrogens is 353 g/mol. The van der Waals surface area contributed by atoms with E-state index in [9.17, 15) is 4.79 Å². The zero-order valence-corrected chi connectivity index (χ0v) is 13.2. The van der Waals surface area contributed by atoms with Crippen molar-refractivity contribution < 1.29 is 9.53 Å². The number of ether oxygens (including phenoxy) is 1. The molecule has 0 aliphatic heterocycles. The minimum atomic E-state index is 0.00696. The summed E-state index contributed by atoms with van der Waals surface area (Å²) >= 11 is 2.32. The van der Waals surface area contributed by atoms with Crippen LogP contribution in [0.25, 0.3) is 10.8 Å². The number of fused-ring (bicyclic) bond motifs is 1. The van der Waals surface area contributed by atoms with E-state index in [0.717, 1.165) is 12.2 Å². The molecule has 0 spiro atoms. The zero-order chi connectivity index (χ0) is 13.8. The first kappa shape index (κ1) is 14.1. The van der Waals surface area contributed by atoms with Gasteiger partial charge in [-0.25, -0.2) is 0 Å². The maximum absolute atomic E-state index is 10.9. The van der Waals surface area contributed by atoms with Gasteiger partial charge in [-0.3, -0.25) is 4.79 Å². The van der Waals surface area contributed by atoms with Crippen LogP contribution in [0.5, 0.6) is 5.75 Å². The Balaban J connectivity index is 2.36. The van der Waals surface area contributed by atoms with Crippen molar-refractivity contribution in [3.63, 3.8) is 0 Å². The Morgan fingerprint density at radius 3 is 2.79 bits per heavy atom. The molecule has 0 radical (unpaired) electrons. The summed E-state index contributed by atoms with van der Waals surface area (Å²) in [7, 11) is 1.67. The first-order valence-corrected chi connectivity index (χ1v) is 7.18. The second-order valence-corrected chi connectivity index (χ2v) is 5.63. The summed E-state index contributed by atoms with van der Waals surface area (Å²) in [5.41, 5.74) is 1.23. The molecule has 2 aromatic rings. The smallest absolute Gasteiger partial charge is 0.216 e. The Morgan fingerprint density at radius 1 is 1.32 bits per heavy atom. The number of halogens is 1. The molecule has 3 nitrogen and oxygen atoms in total. The highest BCUT2D eigenvalue weighted by atomic mass is 127. The summed E-state index contributed by atoms with van der Waals surface area (Å²) in [6.07, 6.45) is 0.820. The predicted molar refractivity (Wildman–Crippen MR) is 85.6 cm³/mol. The van der Waals surface area contributed by atoms with Crippen LogP contribution in [-0.4, -0.2) is 19.6 Å². The maximum Gasteiger partial charge on any atom is 0.216 e. The standard InChI is InChI=1S/C15H16INO2/c1-10(18)17-6-5-12-8-13(16)7-11-3-4-14(19-2)9-15(11)12/h3-4,7-9H,5-6H2,1-2H3,(H,17,18). The van der Waals surface area contributed by atoms with Gasteiger partial charge in [0.1, 0.15) is 5.75 Å². The Labute approximate surface area is 126 Å². The van der Waals surface area contributed by atoms with Gasteiger partial charge in [0.2, 0.25) is 5.91 Å². The normalized spacial score (nSPS) is 10.5. The van der Waals surface area contributed by atoms with E-state index in [2.05, 4.69) is 52.2 Å². The molecular formula is C15H16INO2. The van der Waals surface area contributed by atoms with Crippen LogP contribution in [0.1, 0.15) is 12.5 Å². The van der Waals surface area contributed by atoms with Crippen LogP contribution >= 0.6 is 22.6 Å². The third kappa shape index (κ3) is 3.59. The van der Waals surface area contributed by atoms with Crippen LogP contribution < -0.4 is 10.1 Å². The number of carbonyl (C=O) groups is 1. The topological polar surface area (TPSA) is 38.3 Å². The van der Waals surface area contributed by atoms with Crippen molar-refractivity contribution in [2.45, 2.75) is 13.3 Å². The van der Waals surface area contributed by atoms with Crippen molar-refractivity contribution in [1.29, 1.82) is 0 Å². The van der Waals surface area contributed by atoms with Gasteiger partial charge in [-0.1, -0.05) is 6.07 Å². The van der Waals surface area contributed by atoms with E-state index >= 15 is 0 Å². The van der Waals surface area contributed by atoms with Crippen molar-refractivity contribution in [3.05, 3.63) is 39.5 Å². The number of rotatable bonds is 4. The Bertz CT molecular complexity index is 610. The molecule has 19 heavy (non-hydrogen) atoms. The average molecular weight is 369 g/mol. The van der Waals surface area contributed by atoms with Crippen LogP contribution in [0, 0.1) is 3.57 Å². The van der Waals surface area contributed by atoms with E-state index in [1.54, 1.807) is 7.11 Å². The van der Waals surface area contributed by atoms with Crippen molar-refractivity contribution >= 4 is 39.3 Å². The predicted octanol–water partition coefficient (Wildman–Crippen LogP) is 3.13. The Morgan fingerprint density at radius 2 is 2.11 bits per heavy atom. The summed E-state index contributed by atoms with van der Waals surface area (Å²) in [5.74, 6) is 0.863. The zero-order valence-electron chi connectivity index (χ0n) is 11.0. The Kier molecular flexibility index (Phi) is 4.63. The summed E-state index contributed by atoms with van der Waals surface area (Å²) in [6, 6.07) is 10.4. The molecule has 0 heterocycles. The fourth-order valence-corrected chi connectivity index (χ4v) is 2.79. The summed E-state index contributed by atoms with van der Waals surface area (Å²) in [4.78, 5) is 10.9. The molecule has 0 aliphatic rings. The van der Waals surface area contributed by atoms with Gasteiger partial charge in [-0.2, -0.15) is 0 Å². The summed E-state index contributed by atoms with van der Waals surface area (Å²) in [6.45, 7) is 2.19. The lowest BCUT2D eigenvalue weighted by Crippen LogP contribution is -2.22. The molecule has 0 aromatic heterocycles. The molecule has 0 aliphatic carbocycles. The number of hydrogen-bond donors (Lipinski definition) is 1. The average Bonchev–Trinajstić information content (AvgIpc) is 2.37. The van der Waals surface area contributed by atoms with E-state index in [4.69, 9.17) is 4.74 Å². The van der Waals surface area contributed by atoms with Crippen LogP contribution in [0.2, 0.25) is 0 Å². The lowest BCUT2D eigenvalue weighted by molar-refractivity contribution is -0.118. The van der Waals surface area contributed by atoms with Gasteiger partial charge in [0, 0.05) is 17.0 Å². The van der Waals surface area contributed by atoms with Crippen LogP contribution in [-0.2, 0) is 11.2 Å². The summed E-state index contributed by atoms with van der Waals surface area (Å²) < 4.78 is 6.48.